The quantitative estimate of drug-likeness (QED) is 0.415. The first-order valence-electron chi connectivity index (χ1n) is 8.62. The zero-order valence-corrected chi connectivity index (χ0v) is 17.0. The van der Waals surface area contributed by atoms with Crippen LogP contribution in [0, 0.1) is 10.5 Å². The van der Waals surface area contributed by atoms with Crippen molar-refractivity contribution in [2.24, 2.45) is 0 Å². The molecule has 136 valence electrons. The zero-order chi connectivity index (χ0) is 19.1. The SMILES string of the molecule is CCOC(=O)n1c2ccccc2c2[nH]c(=O)c(C)c(-c3cccc(I)c3)c21. The zero-order valence-electron chi connectivity index (χ0n) is 14.9. The van der Waals surface area contributed by atoms with Crippen LogP contribution in [0.4, 0.5) is 4.79 Å². The van der Waals surface area contributed by atoms with Gasteiger partial charge in [-0.1, -0.05) is 30.3 Å². The average molecular weight is 472 g/mol. The number of carbonyl (C=O) groups excluding carboxylic acids is 1. The van der Waals surface area contributed by atoms with Gasteiger partial charge in [-0.25, -0.2) is 9.36 Å². The number of nitrogens with zero attached hydrogens (tertiary/aromatic N) is 1. The fourth-order valence-electron chi connectivity index (χ4n) is 3.48. The van der Waals surface area contributed by atoms with E-state index in [0.717, 1.165) is 20.1 Å². The molecule has 4 aromatic rings. The standard InChI is InChI=1S/C21H17IN2O3/c1-3-27-21(26)24-16-10-5-4-9-15(16)18-19(24)17(12(2)20(25)23-18)13-7-6-8-14(22)11-13/h4-11H,3H2,1-2H3,(H,23,25). The molecule has 2 aromatic heterocycles. The van der Waals surface area contributed by atoms with Crippen molar-refractivity contribution in [3.05, 3.63) is 68.0 Å². The molecule has 0 saturated carbocycles. The van der Waals surface area contributed by atoms with Gasteiger partial charge in [0.15, 0.2) is 0 Å². The topological polar surface area (TPSA) is 64.1 Å². The predicted octanol–water partition coefficient (Wildman–Crippen LogP) is 5.07. The number of hydrogen-bond donors (Lipinski definition) is 1. The lowest BCUT2D eigenvalue weighted by atomic mass is 10.0. The van der Waals surface area contributed by atoms with E-state index in [0.29, 0.717) is 22.1 Å². The number of carbonyl (C=O) groups is 1. The summed E-state index contributed by atoms with van der Waals surface area (Å²) >= 11 is 2.24. The molecule has 0 aliphatic heterocycles. The Morgan fingerprint density at radius 1 is 1.19 bits per heavy atom. The van der Waals surface area contributed by atoms with Crippen LogP contribution in [0.2, 0.25) is 0 Å². The van der Waals surface area contributed by atoms with E-state index in [4.69, 9.17) is 4.74 Å². The maximum atomic E-state index is 12.8. The number of halogens is 1. The summed E-state index contributed by atoms with van der Waals surface area (Å²) in [6, 6.07) is 15.4. The molecule has 2 aromatic carbocycles. The molecule has 0 unspecified atom stereocenters. The average Bonchev–Trinajstić information content (AvgIpc) is 2.97. The molecular formula is C21H17IN2O3. The Kier molecular flexibility index (Phi) is 4.51. The third-order valence-corrected chi connectivity index (χ3v) is 5.30. The second-order valence-corrected chi connectivity index (χ2v) is 7.49. The molecule has 5 nitrogen and oxygen atoms in total. The van der Waals surface area contributed by atoms with Gasteiger partial charge in [0, 0.05) is 20.1 Å². The largest absolute Gasteiger partial charge is 0.449 e. The van der Waals surface area contributed by atoms with Crippen molar-refractivity contribution in [1.29, 1.82) is 0 Å². The van der Waals surface area contributed by atoms with Crippen LogP contribution in [0.25, 0.3) is 33.1 Å². The summed E-state index contributed by atoms with van der Waals surface area (Å²) in [4.78, 5) is 28.5. The highest BCUT2D eigenvalue weighted by atomic mass is 127. The van der Waals surface area contributed by atoms with E-state index in [1.54, 1.807) is 18.4 Å². The highest BCUT2D eigenvalue weighted by Crippen LogP contribution is 2.36. The molecule has 0 atom stereocenters. The third kappa shape index (κ3) is 2.84. The monoisotopic (exact) mass is 472 g/mol. The number of aromatic nitrogens is 2. The van der Waals surface area contributed by atoms with E-state index < -0.39 is 6.09 Å². The number of aromatic amines is 1. The van der Waals surface area contributed by atoms with Gasteiger partial charge in [-0.2, -0.15) is 0 Å². The fourth-order valence-corrected chi connectivity index (χ4v) is 4.02. The Labute approximate surface area is 169 Å². The molecule has 4 rings (SSSR count). The number of fused-ring (bicyclic) bond motifs is 3. The van der Waals surface area contributed by atoms with E-state index in [1.165, 1.54) is 0 Å². The van der Waals surface area contributed by atoms with Crippen molar-refractivity contribution in [1.82, 2.24) is 9.55 Å². The molecule has 0 radical (unpaired) electrons. The van der Waals surface area contributed by atoms with Gasteiger partial charge >= 0.3 is 6.09 Å². The van der Waals surface area contributed by atoms with E-state index in [-0.39, 0.29) is 12.2 Å². The number of rotatable bonds is 2. The molecule has 27 heavy (non-hydrogen) atoms. The van der Waals surface area contributed by atoms with Gasteiger partial charge in [-0.15, -0.1) is 0 Å². The first-order valence-corrected chi connectivity index (χ1v) is 9.70. The molecule has 0 fully saturated rings. The van der Waals surface area contributed by atoms with Gasteiger partial charge in [0.2, 0.25) is 0 Å². The maximum absolute atomic E-state index is 12.8. The lowest BCUT2D eigenvalue weighted by Crippen LogP contribution is -2.16. The molecule has 2 heterocycles. The van der Waals surface area contributed by atoms with Crippen LogP contribution in [0.5, 0.6) is 0 Å². The smallest absolute Gasteiger partial charge is 0.419 e. The second-order valence-electron chi connectivity index (χ2n) is 6.24. The highest BCUT2D eigenvalue weighted by Gasteiger charge is 2.23. The molecule has 0 saturated heterocycles. The number of hydrogen-bond acceptors (Lipinski definition) is 3. The van der Waals surface area contributed by atoms with Crippen LogP contribution in [-0.2, 0) is 4.74 Å². The third-order valence-electron chi connectivity index (χ3n) is 4.63. The van der Waals surface area contributed by atoms with Gasteiger partial charge < -0.3 is 9.72 Å². The van der Waals surface area contributed by atoms with Crippen molar-refractivity contribution in [3.8, 4) is 11.1 Å². The van der Waals surface area contributed by atoms with Crippen molar-refractivity contribution in [2.75, 3.05) is 6.61 Å². The van der Waals surface area contributed by atoms with Crippen molar-refractivity contribution in [2.45, 2.75) is 13.8 Å². The van der Waals surface area contributed by atoms with E-state index in [9.17, 15) is 9.59 Å². The van der Waals surface area contributed by atoms with Crippen LogP contribution >= 0.6 is 22.6 Å². The number of nitrogens with one attached hydrogen (secondary N) is 1. The summed E-state index contributed by atoms with van der Waals surface area (Å²) in [7, 11) is 0. The summed E-state index contributed by atoms with van der Waals surface area (Å²) in [5.74, 6) is 0. The Morgan fingerprint density at radius 3 is 2.70 bits per heavy atom. The minimum Gasteiger partial charge on any atom is -0.449 e. The highest BCUT2D eigenvalue weighted by molar-refractivity contribution is 14.1. The van der Waals surface area contributed by atoms with Crippen LogP contribution in [0.15, 0.2) is 53.3 Å². The van der Waals surface area contributed by atoms with Gasteiger partial charge in [0.25, 0.3) is 5.56 Å². The van der Waals surface area contributed by atoms with Gasteiger partial charge in [0.05, 0.1) is 23.2 Å². The normalized spacial score (nSPS) is 11.2. The lowest BCUT2D eigenvalue weighted by Gasteiger charge is -2.12. The van der Waals surface area contributed by atoms with Crippen LogP contribution in [-0.4, -0.2) is 22.3 Å². The van der Waals surface area contributed by atoms with Gasteiger partial charge in [-0.3, -0.25) is 4.79 Å². The van der Waals surface area contributed by atoms with Crippen molar-refractivity contribution < 1.29 is 9.53 Å². The molecule has 0 bridgehead atoms. The molecule has 0 spiro atoms. The Balaban J connectivity index is 2.25. The van der Waals surface area contributed by atoms with Crippen molar-refractivity contribution >= 4 is 50.6 Å². The summed E-state index contributed by atoms with van der Waals surface area (Å²) in [5, 5.41) is 0.810. The molecular weight excluding hydrogens is 455 g/mol. The Bertz CT molecular complexity index is 1250. The Hall–Kier alpha value is -2.61. The van der Waals surface area contributed by atoms with Crippen LogP contribution in [0.3, 0.4) is 0 Å². The molecule has 0 aliphatic rings. The molecule has 0 amide bonds. The summed E-state index contributed by atoms with van der Waals surface area (Å²) in [5.41, 5.74) is 4.05. The Morgan fingerprint density at radius 2 is 1.96 bits per heavy atom. The van der Waals surface area contributed by atoms with E-state index in [2.05, 4.69) is 27.6 Å². The minimum atomic E-state index is -0.456. The van der Waals surface area contributed by atoms with Crippen LogP contribution < -0.4 is 5.56 Å². The number of benzene rings is 2. The second kappa shape index (κ2) is 6.84. The minimum absolute atomic E-state index is 0.164. The maximum Gasteiger partial charge on any atom is 0.419 e. The first kappa shape index (κ1) is 17.8. The molecule has 6 heteroatoms. The first-order chi connectivity index (χ1) is 13.0. The summed E-state index contributed by atoms with van der Waals surface area (Å²) < 4.78 is 7.93. The summed E-state index contributed by atoms with van der Waals surface area (Å²) in [6.45, 7) is 3.83. The predicted molar refractivity (Wildman–Crippen MR) is 115 cm³/mol. The molecule has 1 N–H and O–H groups in total. The number of ether oxygens (including phenoxy) is 1. The summed E-state index contributed by atoms with van der Waals surface area (Å²) in [6.07, 6.45) is -0.456. The lowest BCUT2D eigenvalue weighted by molar-refractivity contribution is 0.156. The molecule has 0 aliphatic carbocycles. The van der Waals surface area contributed by atoms with Crippen molar-refractivity contribution in [3.63, 3.8) is 0 Å². The fraction of sp³-hybridized carbons (Fsp3) is 0.143. The van der Waals surface area contributed by atoms with E-state index in [1.807, 2.05) is 48.5 Å². The number of H-pyrrole nitrogens is 1. The number of pyridine rings is 1. The number of para-hydroxylation sites is 1. The van der Waals surface area contributed by atoms with E-state index >= 15 is 0 Å². The van der Waals surface area contributed by atoms with Gasteiger partial charge in [0.1, 0.15) is 0 Å². The van der Waals surface area contributed by atoms with Crippen LogP contribution in [0.1, 0.15) is 12.5 Å². The van der Waals surface area contributed by atoms with Gasteiger partial charge in [-0.05, 0) is 60.2 Å².